The first-order valence-corrected chi connectivity index (χ1v) is 5.13. The summed E-state index contributed by atoms with van der Waals surface area (Å²) in [5.74, 6) is 0.658. The summed E-state index contributed by atoms with van der Waals surface area (Å²) in [6, 6.07) is 3.48. The summed E-state index contributed by atoms with van der Waals surface area (Å²) in [5.41, 5.74) is 0.863. The Balaban J connectivity index is 3.11. The summed E-state index contributed by atoms with van der Waals surface area (Å²) in [6.07, 6.45) is 0. The molecule has 1 aromatic rings. The van der Waals surface area contributed by atoms with Gasteiger partial charge in [0.05, 0.1) is 13.7 Å². The Morgan fingerprint density at radius 2 is 2.21 bits per heavy atom. The number of methoxy groups -OCH3 is 1. The van der Waals surface area contributed by atoms with Crippen molar-refractivity contribution in [1.82, 2.24) is 5.06 Å². The SMILES string of the molecule is COc1cc(Cl)cc(Br)c1CN(C)O. The van der Waals surface area contributed by atoms with Crippen molar-refractivity contribution in [1.29, 1.82) is 0 Å². The molecule has 0 saturated heterocycles. The molecule has 5 heteroatoms. The van der Waals surface area contributed by atoms with Crippen molar-refractivity contribution >= 4 is 27.5 Å². The summed E-state index contributed by atoms with van der Waals surface area (Å²) >= 11 is 9.22. The highest BCUT2D eigenvalue weighted by Gasteiger charge is 2.10. The Hall–Kier alpha value is -0.290. The van der Waals surface area contributed by atoms with E-state index in [1.807, 2.05) is 0 Å². The average Bonchev–Trinajstić information content (AvgIpc) is 2.08. The van der Waals surface area contributed by atoms with E-state index in [1.54, 1.807) is 26.3 Å². The van der Waals surface area contributed by atoms with Crippen LogP contribution in [0.4, 0.5) is 0 Å². The van der Waals surface area contributed by atoms with E-state index >= 15 is 0 Å². The maximum absolute atomic E-state index is 9.14. The molecule has 0 aliphatic heterocycles. The van der Waals surface area contributed by atoms with E-state index in [2.05, 4.69) is 15.9 Å². The molecule has 0 atom stereocenters. The first kappa shape index (κ1) is 11.8. The van der Waals surface area contributed by atoms with Crippen LogP contribution in [0.1, 0.15) is 5.56 Å². The molecule has 0 aliphatic rings. The first-order chi connectivity index (χ1) is 6.54. The molecule has 1 rings (SSSR count). The zero-order valence-corrected chi connectivity index (χ0v) is 10.3. The second kappa shape index (κ2) is 4.98. The standard InChI is InChI=1S/C9H11BrClNO2/c1-12(13)5-7-8(10)3-6(11)4-9(7)14-2/h3-4,13H,5H2,1-2H3. The third-order valence-corrected chi connectivity index (χ3v) is 2.65. The molecule has 0 saturated carbocycles. The van der Waals surface area contributed by atoms with Crippen molar-refractivity contribution in [2.45, 2.75) is 6.54 Å². The second-order valence-electron chi connectivity index (χ2n) is 2.88. The Morgan fingerprint density at radius 1 is 1.57 bits per heavy atom. The van der Waals surface area contributed by atoms with Gasteiger partial charge in [-0.1, -0.05) is 27.5 Å². The number of hydrogen-bond acceptors (Lipinski definition) is 3. The first-order valence-electron chi connectivity index (χ1n) is 3.96. The van der Waals surface area contributed by atoms with E-state index in [0.717, 1.165) is 15.1 Å². The molecule has 0 aliphatic carbocycles. The van der Waals surface area contributed by atoms with E-state index < -0.39 is 0 Å². The molecule has 3 nitrogen and oxygen atoms in total. The van der Waals surface area contributed by atoms with Crippen LogP contribution in [0.3, 0.4) is 0 Å². The molecule has 0 amide bonds. The van der Waals surface area contributed by atoms with Crippen LogP contribution in [0, 0.1) is 0 Å². The van der Waals surface area contributed by atoms with Gasteiger partial charge in [0.25, 0.3) is 0 Å². The monoisotopic (exact) mass is 279 g/mol. The summed E-state index contributed by atoms with van der Waals surface area (Å²) in [6.45, 7) is 0.376. The fourth-order valence-electron chi connectivity index (χ4n) is 1.14. The number of halogens is 2. The van der Waals surface area contributed by atoms with Gasteiger partial charge in [0, 0.05) is 22.1 Å². The molecule has 78 valence electrons. The van der Waals surface area contributed by atoms with Crippen LogP contribution in [-0.2, 0) is 6.54 Å². The third-order valence-electron chi connectivity index (χ3n) is 1.73. The number of hydrogen-bond donors (Lipinski definition) is 1. The molecule has 0 heterocycles. The van der Waals surface area contributed by atoms with Gasteiger partial charge >= 0.3 is 0 Å². The van der Waals surface area contributed by atoms with Crippen LogP contribution >= 0.6 is 27.5 Å². The van der Waals surface area contributed by atoms with Crippen LogP contribution in [0.2, 0.25) is 5.02 Å². The topological polar surface area (TPSA) is 32.7 Å². The van der Waals surface area contributed by atoms with E-state index in [0.29, 0.717) is 17.3 Å². The lowest BCUT2D eigenvalue weighted by atomic mass is 10.2. The van der Waals surface area contributed by atoms with Gasteiger partial charge in [0.1, 0.15) is 5.75 Å². The second-order valence-corrected chi connectivity index (χ2v) is 4.17. The highest BCUT2D eigenvalue weighted by atomic mass is 79.9. The molecule has 14 heavy (non-hydrogen) atoms. The van der Waals surface area contributed by atoms with Crippen molar-refractivity contribution in [3.05, 3.63) is 27.2 Å². The fraction of sp³-hybridized carbons (Fsp3) is 0.333. The van der Waals surface area contributed by atoms with Crippen molar-refractivity contribution in [2.75, 3.05) is 14.2 Å². The maximum Gasteiger partial charge on any atom is 0.126 e. The van der Waals surface area contributed by atoms with Crippen LogP contribution in [0.25, 0.3) is 0 Å². The lowest BCUT2D eigenvalue weighted by Crippen LogP contribution is -2.13. The van der Waals surface area contributed by atoms with Crippen LogP contribution in [0.15, 0.2) is 16.6 Å². The molecule has 0 spiro atoms. The zero-order valence-electron chi connectivity index (χ0n) is 7.92. The van der Waals surface area contributed by atoms with Gasteiger partial charge in [0.2, 0.25) is 0 Å². The molecule has 1 aromatic carbocycles. The summed E-state index contributed by atoms with van der Waals surface area (Å²) < 4.78 is 5.98. The van der Waals surface area contributed by atoms with Gasteiger partial charge in [-0.15, -0.1) is 0 Å². The molecule has 0 radical (unpaired) electrons. The molecule has 1 N–H and O–H groups in total. The van der Waals surface area contributed by atoms with Gasteiger partial charge in [-0.2, -0.15) is 5.06 Å². The summed E-state index contributed by atoms with van der Waals surface area (Å²) in [5, 5.41) is 10.8. The highest BCUT2D eigenvalue weighted by Crippen LogP contribution is 2.31. The van der Waals surface area contributed by atoms with Gasteiger partial charge < -0.3 is 9.94 Å². The smallest absolute Gasteiger partial charge is 0.126 e. The number of hydroxylamine groups is 2. The van der Waals surface area contributed by atoms with Gasteiger partial charge in [0.15, 0.2) is 0 Å². The molecule has 0 bridgehead atoms. The Kier molecular flexibility index (Phi) is 4.19. The predicted molar refractivity (Wildman–Crippen MR) is 59.0 cm³/mol. The largest absolute Gasteiger partial charge is 0.496 e. The minimum Gasteiger partial charge on any atom is -0.496 e. The fourth-order valence-corrected chi connectivity index (χ4v) is 2.05. The molecule has 0 aromatic heterocycles. The van der Waals surface area contributed by atoms with Crippen molar-refractivity contribution < 1.29 is 9.94 Å². The van der Waals surface area contributed by atoms with E-state index in [1.165, 1.54) is 0 Å². The maximum atomic E-state index is 9.14. The summed E-state index contributed by atoms with van der Waals surface area (Å²) in [4.78, 5) is 0. The lowest BCUT2D eigenvalue weighted by Gasteiger charge is -2.14. The number of nitrogens with zero attached hydrogens (tertiary/aromatic N) is 1. The Labute approximate surface area is 96.3 Å². The normalized spacial score (nSPS) is 10.7. The highest BCUT2D eigenvalue weighted by molar-refractivity contribution is 9.10. The van der Waals surface area contributed by atoms with Gasteiger partial charge in [-0.25, -0.2) is 0 Å². The predicted octanol–water partition coefficient (Wildman–Crippen LogP) is 2.93. The average molecular weight is 281 g/mol. The number of rotatable bonds is 3. The Bertz CT molecular complexity index is 331. The third kappa shape index (κ3) is 2.85. The molecule has 0 fully saturated rings. The quantitative estimate of drug-likeness (QED) is 0.864. The zero-order chi connectivity index (χ0) is 10.7. The van der Waals surface area contributed by atoms with Crippen molar-refractivity contribution in [3.8, 4) is 5.75 Å². The number of ether oxygens (including phenoxy) is 1. The van der Waals surface area contributed by atoms with Crippen molar-refractivity contribution in [3.63, 3.8) is 0 Å². The molecule has 0 unspecified atom stereocenters. The van der Waals surface area contributed by atoms with Gasteiger partial charge in [-0.05, 0) is 12.1 Å². The van der Waals surface area contributed by atoms with Crippen LogP contribution in [-0.4, -0.2) is 24.4 Å². The Morgan fingerprint density at radius 3 is 2.71 bits per heavy atom. The van der Waals surface area contributed by atoms with E-state index in [-0.39, 0.29) is 0 Å². The van der Waals surface area contributed by atoms with Crippen LogP contribution in [0.5, 0.6) is 5.75 Å². The lowest BCUT2D eigenvalue weighted by molar-refractivity contribution is -0.0737. The van der Waals surface area contributed by atoms with Crippen LogP contribution < -0.4 is 4.74 Å². The van der Waals surface area contributed by atoms with Gasteiger partial charge in [-0.3, -0.25) is 0 Å². The minimum atomic E-state index is 0.376. The number of benzene rings is 1. The van der Waals surface area contributed by atoms with E-state index in [9.17, 15) is 0 Å². The van der Waals surface area contributed by atoms with Crippen molar-refractivity contribution in [2.24, 2.45) is 0 Å². The summed E-state index contributed by atoms with van der Waals surface area (Å²) in [7, 11) is 3.14. The van der Waals surface area contributed by atoms with E-state index in [4.69, 9.17) is 21.5 Å². The molecular weight excluding hydrogens is 269 g/mol. The molecular formula is C9H11BrClNO2. The minimum absolute atomic E-state index is 0.376.